The Kier molecular flexibility index (Phi) is 3.88. The molecule has 0 amide bonds. The first kappa shape index (κ1) is 15.8. The summed E-state index contributed by atoms with van der Waals surface area (Å²) < 4.78 is 3.82. The van der Waals surface area contributed by atoms with Crippen molar-refractivity contribution in [3.05, 3.63) is 95.5 Å². The van der Waals surface area contributed by atoms with E-state index in [0.29, 0.717) is 0 Å². The van der Waals surface area contributed by atoms with Gasteiger partial charge in [-0.2, -0.15) is 0 Å². The minimum Gasteiger partial charge on any atom is -0.135 e. The highest BCUT2D eigenvalue weighted by Crippen LogP contribution is 2.40. The molecule has 5 rings (SSSR count). The smallest absolute Gasteiger partial charge is 0.0433 e. The highest BCUT2D eigenvalue weighted by molar-refractivity contribution is 9.10. The largest absolute Gasteiger partial charge is 0.135 e. The van der Waals surface area contributed by atoms with Crippen LogP contribution in [0.4, 0.5) is 0 Å². The van der Waals surface area contributed by atoms with Crippen molar-refractivity contribution in [2.45, 2.75) is 0 Å². The molecule has 5 aromatic rings. The molecule has 0 saturated heterocycles. The van der Waals surface area contributed by atoms with Gasteiger partial charge in [0.1, 0.15) is 0 Å². The standard InChI is InChI=1S/C24H15BrS/c25-19-14-12-17(13-15-19)16-8-10-18(11-9-16)20-5-3-6-22-21-4-1-2-7-23(21)26-24(20)22/h1-15H. The Morgan fingerprint density at radius 1 is 0.538 bits per heavy atom. The minimum atomic E-state index is 1.11. The topological polar surface area (TPSA) is 0 Å². The highest BCUT2D eigenvalue weighted by atomic mass is 79.9. The predicted octanol–water partition coefficient (Wildman–Crippen LogP) is 8.15. The lowest BCUT2D eigenvalue weighted by Crippen LogP contribution is -1.81. The number of halogens is 1. The molecule has 26 heavy (non-hydrogen) atoms. The molecule has 2 heteroatoms. The van der Waals surface area contributed by atoms with Gasteiger partial charge < -0.3 is 0 Å². The number of hydrogen-bond donors (Lipinski definition) is 0. The van der Waals surface area contributed by atoms with Gasteiger partial charge in [-0.05, 0) is 40.5 Å². The second-order valence-electron chi connectivity index (χ2n) is 6.36. The average molecular weight is 415 g/mol. The van der Waals surface area contributed by atoms with Crippen molar-refractivity contribution >= 4 is 47.4 Å². The molecule has 0 atom stereocenters. The molecule has 1 aromatic heterocycles. The molecule has 0 radical (unpaired) electrons. The van der Waals surface area contributed by atoms with Gasteiger partial charge in [-0.15, -0.1) is 11.3 Å². The van der Waals surface area contributed by atoms with E-state index < -0.39 is 0 Å². The third kappa shape index (κ3) is 2.66. The third-order valence-electron chi connectivity index (χ3n) is 4.78. The summed E-state index contributed by atoms with van der Waals surface area (Å²) in [6, 6.07) is 32.6. The van der Waals surface area contributed by atoms with Gasteiger partial charge in [0.05, 0.1) is 0 Å². The van der Waals surface area contributed by atoms with Crippen LogP contribution in [-0.2, 0) is 0 Å². The van der Waals surface area contributed by atoms with Crippen molar-refractivity contribution in [1.29, 1.82) is 0 Å². The van der Waals surface area contributed by atoms with Gasteiger partial charge in [0.25, 0.3) is 0 Å². The van der Waals surface area contributed by atoms with E-state index in [1.54, 1.807) is 0 Å². The molecule has 0 fully saturated rings. The fourth-order valence-corrected chi connectivity index (χ4v) is 4.96. The van der Waals surface area contributed by atoms with Crippen LogP contribution in [0.5, 0.6) is 0 Å². The molecule has 0 spiro atoms. The van der Waals surface area contributed by atoms with Crippen LogP contribution in [0.25, 0.3) is 42.4 Å². The zero-order valence-electron chi connectivity index (χ0n) is 13.9. The third-order valence-corrected chi connectivity index (χ3v) is 6.53. The molecule has 4 aromatic carbocycles. The van der Waals surface area contributed by atoms with Gasteiger partial charge in [-0.25, -0.2) is 0 Å². The summed E-state index contributed by atoms with van der Waals surface area (Å²) in [5.74, 6) is 0. The first-order chi connectivity index (χ1) is 12.8. The first-order valence-corrected chi connectivity index (χ1v) is 10.2. The van der Waals surface area contributed by atoms with E-state index >= 15 is 0 Å². The van der Waals surface area contributed by atoms with Crippen molar-refractivity contribution < 1.29 is 0 Å². The van der Waals surface area contributed by atoms with Crippen LogP contribution >= 0.6 is 27.3 Å². The van der Waals surface area contributed by atoms with Crippen molar-refractivity contribution in [1.82, 2.24) is 0 Å². The highest BCUT2D eigenvalue weighted by Gasteiger charge is 2.10. The Bertz CT molecular complexity index is 1220. The molecule has 0 saturated carbocycles. The van der Waals surface area contributed by atoms with Crippen LogP contribution in [0.2, 0.25) is 0 Å². The predicted molar refractivity (Wildman–Crippen MR) is 118 cm³/mol. The zero-order chi connectivity index (χ0) is 17.5. The lowest BCUT2D eigenvalue weighted by Gasteiger charge is -2.06. The number of fused-ring (bicyclic) bond motifs is 3. The van der Waals surface area contributed by atoms with E-state index in [0.717, 1.165) is 4.47 Å². The molecular formula is C24H15BrS. The Hall–Kier alpha value is -2.42. The molecule has 0 bridgehead atoms. The Balaban J connectivity index is 1.62. The van der Waals surface area contributed by atoms with Crippen LogP contribution in [0.1, 0.15) is 0 Å². The summed E-state index contributed by atoms with van der Waals surface area (Å²) >= 11 is 5.38. The molecule has 0 aliphatic heterocycles. The quantitative estimate of drug-likeness (QED) is 0.273. The van der Waals surface area contributed by atoms with Gasteiger partial charge >= 0.3 is 0 Å². The van der Waals surface area contributed by atoms with Crippen molar-refractivity contribution in [3.63, 3.8) is 0 Å². The lowest BCUT2D eigenvalue weighted by atomic mass is 9.99. The monoisotopic (exact) mass is 414 g/mol. The summed E-state index contributed by atoms with van der Waals surface area (Å²) in [5, 5.41) is 2.70. The van der Waals surface area contributed by atoms with Gasteiger partial charge in [0.15, 0.2) is 0 Å². The first-order valence-electron chi connectivity index (χ1n) is 8.56. The van der Waals surface area contributed by atoms with Crippen molar-refractivity contribution in [2.24, 2.45) is 0 Å². The maximum atomic E-state index is 3.50. The summed E-state index contributed by atoms with van der Waals surface area (Å²) in [5.41, 5.74) is 5.05. The average Bonchev–Trinajstić information content (AvgIpc) is 3.08. The molecule has 0 aliphatic carbocycles. The summed E-state index contributed by atoms with van der Waals surface area (Å²) in [7, 11) is 0. The Morgan fingerprint density at radius 3 is 1.92 bits per heavy atom. The van der Waals surface area contributed by atoms with Crippen LogP contribution in [0.3, 0.4) is 0 Å². The lowest BCUT2D eigenvalue weighted by molar-refractivity contribution is 1.59. The van der Waals surface area contributed by atoms with E-state index in [2.05, 4.69) is 107 Å². The van der Waals surface area contributed by atoms with E-state index in [1.807, 2.05) is 11.3 Å². The molecule has 0 unspecified atom stereocenters. The number of thiophene rings is 1. The summed E-state index contributed by atoms with van der Waals surface area (Å²) in [6.45, 7) is 0. The maximum absolute atomic E-state index is 3.50. The molecule has 0 aliphatic rings. The van der Waals surface area contributed by atoms with E-state index in [9.17, 15) is 0 Å². The Labute approximate surface area is 164 Å². The second kappa shape index (κ2) is 6.39. The van der Waals surface area contributed by atoms with Gasteiger partial charge in [0.2, 0.25) is 0 Å². The minimum absolute atomic E-state index is 1.11. The van der Waals surface area contributed by atoms with Gasteiger partial charge in [0, 0.05) is 24.6 Å². The molecule has 1 heterocycles. The SMILES string of the molecule is Brc1ccc(-c2ccc(-c3cccc4c3sc3ccccc34)cc2)cc1. The number of benzene rings is 4. The Morgan fingerprint density at radius 2 is 1.15 bits per heavy atom. The van der Waals surface area contributed by atoms with E-state index in [1.165, 1.54) is 42.4 Å². The van der Waals surface area contributed by atoms with Crippen LogP contribution in [-0.4, -0.2) is 0 Å². The zero-order valence-corrected chi connectivity index (χ0v) is 16.3. The van der Waals surface area contributed by atoms with Gasteiger partial charge in [-0.3, -0.25) is 0 Å². The number of rotatable bonds is 2. The van der Waals surface area contributed by atoms with Crippen molar-refractivity contribution in [3.8, 4) is 22.3 Å². The maximum Gasteiger partial charge on any atom is 0.0433 e. The van der Waals surface area contributed by atoms with E-state index in [4.69, 9.17) is 0 Å². The molecular weight excluding hydrogens is 400 g/mol. The van der Waals surface area contributed by atoms with Crippen molar-refractivity contribution in [2.75, 3.05) is 0 Å². The van der Waals surface area contributed by atoms with Crippen LogP contribution in [0.15, 0.2) is 95.5 Å². The molecule has 124 valence electrons. The fraction of sp³-hybridized carbons (Fsp3) is 0. The second-order valence-corrected chi connectivity index (χ2v) is 8.33. The molecule has 0 N–H and O–H groups in total. The van der Waals surface area contributed by atoms with E-state index in [-0.39, 0.29) is 0 Å². The summed E-state index contributed by atoms with van der Waals surface area (Å²) in [6.07, 6.45) is 0. The normalized spacial score (nSPS) is 11.3. The van der Waals surface area contributed by atoms with Gasteiger partial charge in [-0.1, -0.05) is 88.7 Å². The molecule has 0 nitrogen and oxygen atoms in total. The number of hydrogen-bond acceptors (Lipinski definition) is 1. The summed E-state index contributed by atoms with van der Waals surface area (Å²) in [4.78, 5) is 0. The van der Waals surface area contributed by atoms with Crippen LogP contribution in [0, 0.1) is 0 Å². The van der Waals surface area contributed by atoms with Crippen LogP contribution < -0.4 is 0 Å². The fourth-order valence-electron chi connectivity index (χ4n) is 3.46.